The van der Waals surface area contributed by atoms with Crippen LogP contribution in [0.1, 0.15) is 19.3 Å². The minimum atomic E-state index is 0.103. The van der Waals surface area contributed by atoms with Crippen LogP contribution < -0.4 is 10.1 Å². The third-order valence-corrected chi connectivity index (χ3v) is 2.96. The number of hydrogen-bond donors (Lipinski definition) is 1. The molecule has 0 amide bonds. The first-order chi connectivity index (χ1) is 7.88. The lowest BCUT2D eigenvalue weighted by Crippen LogP contribution is -2.20. The number of anilines is 1. The minimum absolute atomic E-state index is 0.103. The fourth-order valence-corrected chi connectivity index (χ4v) is 1.77. The molecule has 0 bridgehead atoms. The van der Waals surface area contributed by atoms with E-state index in [1.54, 1.807) is 0 Å². The first-order valence-corrected chi connectivity index (χ1v) is 5.72. The minimum Gasteiger partial charge on any atom is -0.479 e. The summed E-state index contributed by atoms with van der Waals surface area (Å²) in [6, 6.07) is 9.73. The van der Waals surface area contributed by atoms with Gasteiger partial charge in [0.05, 0.1) is 0 Å². The number of benzene rings is 1. The van der Waals surface area contributed by atoms with E-state index in [9.17, 15) is 0 Å². The Balaban J connectivity index is 1.85. The molecule has 0 saturated heterocycles. The van der Waals surface area contributed by atoms with E-state index in [4.69, 9.17) is 10.00 Å². The standard InChI is InChI=1S/C13H16N2O/c14-7-8-16-13-6-2-5-12(9-13)15-10-11-3-1-4-11/h2,5-6,9,11,15H,1,3-4,8,10H2. The van der Waals surface area contributed by atoms with Crippen molar-refractivity contribution in [2.75, 3.05) is 18.5 Å². The topological polar surface area (TPSA) is 45.0 Å². The summed E-state index contributed by atoms with van der Waals surface area (Å²) in [4.78, 5) is 0. The maximum absolute atomic E-state index is 8.42. The molecule has 1 aromatic carbocycles. The van der Waals surface area contributed by atoms with E-state index in [1.165, 1.54) is 19.3 Å². The summed E-state index contributed by atoms with van der Waals surface area (Å²) in [6.07, 6.45) is 4.06. The van der Waals surface area contributed by atoms with Crippen LogP contribution in [0.2, 0.25) is 0 Å². The van der Waals surface area contributed by atoms with Gasteiger partial charge >= 0.3 is 0 Å². The molecule has 84 valence electrons. The highest BCUT2D eigenvalue weighted by Crippen LogP contribution is 2.27. The van der Waals surface area contributed by atoms with Crippen LogP contribution in [0.15, 0.2) is 24.3 Å². The Kier molecular flexibility index (Phi) is 3.66. The van der Waals surface area contributed by atoms with E-state index in [0.717, 1.165) is 23.9 Å². The van der Waals surface area contributed by atoms with E-state index < -0.39 is 0 Å². The highest BCUT2D eigenvalue weighted by Gasteiger charge is 2.16. The van der Waals surface area contributed by atoms with Gasteiger partial charge in [-0.1, -0.05) is 12.5 Å². The van der Waals surface area contributed by atoms with Crippen LogP contribution >= 0.6 is 0 Å². The number of rotatable bonds is 5. The molecule has 0 radical (unpaired) electrons. The summed E-state index contributed by atoms with van der Waals surface area (Å²) in [5.74, 6) is 1.59. The van der Waals surface area contributed by atoms with E-state index in [0.29, 0.717) is 0 Å². The quantitative estimate of drug-likeness (QED) is 0.823. The van der Waals surface area contributed by atoms with E-state index in [1.807, 2.05) is 30.3 Å². The second-order valence-corrected chi connectivity index (χ2v) is 4.15. The van der Waals surface area contributed by atoms with Gasteiger partial charge in [0.1, 0.15) is 11.8 Å². The second kappa shape index (κ2) is 5.41. The van der Waals surface area contributed by atoms with Crippen molar-refractivity contribution < 1.29 is 4.74 Å². The molecule has 3 heteroatoms. The lowest BCUT2D eigenvalue weighted by molar-refractivity contribution is 0.333. The van der Waals surface area contributed by atoms with Gasteiger partial charge in [0.25, 0.3) is 0 Å². The molecule has 0 spiro atoms. The smallest absolute Gasteiger partial charge is 0.174 e. The normalized spacial score (nSPS) is 14.9. The molecule has 3 nitrogen and oxygen atoms in total. The van der Waals surface area contributed by atoms with Crippen molar-refractivity contribution in [1.82, 2.24) is 0 Å². The van der Waals surface area contributed by atoms with Gasteiger partial charge in [-0.15, -0.1) is 0 Å². The first kappa shape index (κ1) is 10.8. The lowest BCUT2D eigenvalue weighted by atomic mass is 9.85. The molecule has 0 unspecified atom stereocenters. The van der Waals surface area contributed by atoms with Crippen molar-refractivity contribution in [2.45, 2.75) is 19.3 Å². The zero-order valence-electron chi connectivity index (χ0n) is 9.28. The molecular formula is C13H16N2O. The summed E-state index contributed by atoms with van der Waals surface area (Å²) < 4.78 is 5.24. The average Bonchev–Trinajstić information content (AvgIpc) is 2.25. The zero-order valence-corrected chi connectivity index (χ0v) is 9.28. The fraction of sp³-hybridized carbons (Fsp3) is 0.462. The zero-order chi connectivity index (χ0) is 11.2. The third kappa shape index (κ3) is 2.90. The largest absolute Gasteiger partial charge is 0.479 e. The van der Waals surface area contributed by atoms with Gasteiger partial charge in [-0.3, -0.25) is 0 Å². The van der Waals surface area contributed by atoms with Gasteiger partial charge in [-0.25, -0.2) is 0 Å². The monoisotopic (exact) mass is 216 g/mol. The van der Waals surface area contributed by atoms with Crippen LogP contribution in [0.5, 0.6) is 5.75 Å². The van der Waals surface area contributed by atoms with Crippen LogP contribution in [0.4, 0.5) is 5.69 Å². The van der Waals surface area contributed by atoms with Gasteiger partial charge in [0, 0.05) is 18.3 Å². The Bertz CT molecular complexity index is 380. The summed E-state index contributed by atoms with van der Waals surface area (Å²) >= 11 is 0. The maximum atomic E-state index is 8.42. The van der Waals surface area contributed by atoms with Gasteiger partial charge in [0.15, 0.2) is 6.61 Å². The lowest BCUT2D eigenvalue weighted by Gasteiger charge is -2.25. The summed E-state index contributed by atoms with van der Waals surface area (Å²) in [6.45, 7) is 1.15. The molecule has 0 aliphatic heterocycles. The number of ether oxygens (including phenoxy) is 1. The van der Waals surface area contributed by atoms with E-state index >= 15 is 0 Å². The predicted molar refractivity (Wildman–Crippen MR) is 63.4 cm³/mol. The molecule has 0 heterocycles. The second-order valence-electron chi connectivity index (χ2n) is 4.15. The Hall–Kier alpha value is -1.69. The Morgan fingerprint density at radius 2 is 2.31 bits per heavy atom. The van der Waals surface area contributed by atoms with E-state index in [-0.39, 0.29) is 6.61 Å². The Labute approximate surface area is 96.0 Å². The Morgan fingerprint density at radius 1 is 1.44 bits per heavy atom. The molecule has 1 fully saturated rings. The summed E-state index contributed by atoms with van der Waals surface area (Å²) in [7, 11) is 0. The Morgan fingerprint density at radius 3 is 3.00 bits per heavy atom. The van der Waals surface area contributed by atoms with E-state index in [2.05, 4.69) is 5.32 Å². The van der Waals surface area contributed by atoms with Crippen LogP contribution in [0.3, 0.4) is 0 Å². The van der Waals surface area contributed by atoms with Crippen molar-refractivity contribution in [3.63, 3.8) is 0 Å². The number of nitriles is 1. The van der Waals surface area contributed by atoms with Crippen LogP contribution in [-0.2, 0) is 0 Å². The SMILES string of the molecule is N#CCOc1cccc(NCC2CCC2)c1. The fourth-order valence-electron chi connectivity index (χ4n) is 1.77. The van der Waals surface area contributed by atoms with Crippen LogP contribution in [0.25, 0.3) is 0 Å². The van der Waals surface area contributed by atoms with Crippen molar-refractivity contribution in [3.8, 4) is 11.8 Å². The molecule has 2 rings (SSSR count). The molecule has 16 heavy (non-hydrogen) atoms. The molecule has 1 aliphatic rings. The third-order valence-electron chi connectivity index (χ3n) is 2.96. The van der Waals surface area contributed by atoms with Crippen LogP contribution in [-0.4, -0.2) is 13.2 Å². The van der Waals surface area contributed by atoms with Crippen molar-refractivity contribution in [2.24, 2.45) is 5.92 Å². The predicted octanol–water partition coefficient (Wildman–Crippen LogP) is 2.80. The molecule has 0 atom stereocenters. The first-order valence-electron chi connectivity index (χ1n) is 5.72. The molecule has 1 aromatic rings. The number of nitrogens with zero attached hydrogens (tertiary/aromatic N) is 1. The van der Waals surface area contributed by atoms with Crippen molar-refractivity contribution in [1.29, 1.82) is 5.26 Å². The van der Waals surface area contributed by atoms with Gasteiger partial charge in [0.2, 0.25) is 0 Å². The molecule has 1 N–H and O–H groups in total. The number of hydrogen-bond acceptors (Lipinski definition) is 3. The summed E-state index contributed by atoms with van der Waals surface area (Å²) in [5.41, 5.74) is 1.07. The number of nitrogens with one attached hydrogen (secondary N) is 1. The highest BCUT2D eigenvalue weighted by molar-refractivity contribution is 5.48. The summed E-state index contributed by atoms with van der Waals surface area (Å²) in [5, 5.41) is 11.8. The average molecular weight is 216 g/mol. The maximum Gasteiger partial charge on any atom is 0.174 e. The van der Waals surface area contributed by atoms with Crippen LogP contribution in [0, 0.1) is 17.2 Å². The highest BCUT2D eigenvalue weighted by atomic mass is 16.5. The van der Waals surface area contributed by atoms with Crippen molar-refractivity contribution >= 4 is 5.69 Å². The van der Waals surface area contributed by atoms with Crippen molar-refractivity contribution in [3.05, 3.63) is 24.3 Å². The van der Waals surface area contributed by atoms with Gasteiger partial charge < -0.3 is 10.1 Å². The molecule has 1 aliphatic carbocycles. The molecule has 0 aromatic heterocycles. The van der Waals surface area contributed by atoms with Gasteiger partial charge in [-0.05, 0) is 30.9 Å². The van der Waals surface area contributed by atoms with Gasteiger partial charge in [-0.2, -0.15) is 5.26 Å². The molecule has 1 saturated carbocycles. The molecular weight excluding hydrogens is 200 g/mol.